The summed E-state index contributed by atoms with van der Waals surface area (Å²) in [7, 11) is 0. The standard InChI is InChI=1S/C21H26N4O/c1-3-23(4-2)14-15-24-18-12-8-9-13-19(18)25(21(24)22)16-20(26)17-10-6-5-7-11-17/h5-13,22H,3-4,14-16H2,1-2H3/p+1. The van der Waals surface area contributed by atoms with Gasteiger partial charge < -0.3 is 4.90 Å². The van der Waals surface area contributed by atoms with Crippen LogP contribution in [0.5, 0.6) is 0 Å². The number of carbonyl (C=O) groups excluding carboxylic acids is 1. The largest absolute Gasteiger partial charge is 0.356 e. The second-order valence-corrected chi connectivity index (χ2v) is 6.40. The van der Waals surface area contributed by atoms with Crippen molar-refractivity contribution < 1.29 is 9.36 Å². The highest BCUT2D eigenvalue weighted by Crippen LogP contribution is 2.16. The summed E-state index contributed by atoms with van der Waals surface area (Å²) in [5, 5.41) is 0. The number of para-hydroxylation sites is 2. The molecule has 1 heterocycles. The van der Waals surface area contributed by atoms with E-state index in [1.54, 1.807) is 0 Å². The van der Waals surface area contributed by atoms with Crippen LogP contribution < -0.4 is 10.3 Å². The fourth-order valence-corrected chi connectivity index (χ4v) is 3.35. The van der Waals surface area contributed by atoms with Gasteiger partial charge in [-0.25, -0.2) is 9.13 Å². The maximum absolute atomic E-state index is 12.7. The number of ketones is 1. The second kappa shape index (κ2) is 8.15. The minimum atomic E-state index is 0.0638. The van der Waals surface area contributed by atoms with Gasteiger partial charge in [0.05, 0.1) is 6.54 Å². The number of imidazole rings is 1. The molecular weight excluding hydrogens is 324 g/mol. The number of aromatic nitrogens is 2. The fourth-order valence-electron chi connectivity index (χ4n) is 3.35. The van der Waals surface area contributed by atoms with Crippen molar-refractivity contribution in [2.45, 2.75) is 26.9 Å². The normalized spacial score (nSPS) is 11.3. The number of hydrogen-bond donors (Lipinski definition) is 1. The van der Waals surface area contributed by atoms with Gasteiger partial charge in [-0.3, -0.25) is 10.5 Å². The number of hydrogen-bond acceptors (Lipinski definition) is 3. The molecule has 5 heteroatoms. The van der Waals surface area contributed by atoms with Gasteiger partial charge in [0.2, 0.25) is 0 Å². The van der Waals surface area contributed by atoms with Crippen molar-refractivity contribution in [3.63, 3.8) is 0 Å². The summed E-state index contributed by atoms with van der Waals surface area (Å²) >= 11 is 0. The van der Waals surface area contributed by atoms with Crippen LogP contribution in [-0.4, -0.2) is 34.9 Å². The SMILES string of the molecule is CCN(CC)CCn1c(N)[n+](CC(=O)c2ccccc2)c2ccccc21. The Kier molecular flexibility index (Phi) is 5.68. The van der Waals surface area contributed by atoms with Crippen LogP contribution >= 0.6 is 0 Å². The van der Waals surface area contributed by atoms with Gasteiger partial charge in [0.1, 0.15) is 17.6 Å². The molecule has 0 amide bonds. The lowest BCUT2D eigenvalue weighted by atomic mass is 10.1. The number of nitrogens with two attached hydrogens (primary N) is 1. The van der Waals surface area contributed by atoms with E-state index >= 15 is 0 Å². The Bertz CT molecular complexity index is 882. The Hall–Kier alpha value is -2.66. The molecule has 2 N–H and O–H groups in total. The molecule has 0 aliphatic rings. The predicted molar refractivity (Wildman–Crippen MR) is 105 cm³/mol. The van der Waals surface area contributed by atoms with E-state index in [0.717, 1.165) is 37.2 Å². The summed E-state index contributed by atoms with van der Waals surface area (Å²) in [6.07, 6.45) is 0. The van der Waals surface area contributed by atoms with Gasteiger partial charge in [-0.15, -0.1) is 0 Å². The molecule has 0 aliphatic carbocycles. The number of likely N-dealkylation sites (N-methyl/N-ethyl adjacent to an activating group) is 1. The Morgan fingerprint density at radius 2 is 1.69 bits per heavy atom. The first kappa shape index (κ1) is 18.1. The molecule has 26 heavy (non-hydrogen) atoms. The number of fused-ring (bicyclic) bond motifs is 1. The minimum Gasteiger partial charge on any atom is -0.301 e. The van der Waals surface area contributed by atoms with Crippen molar-refractivity contribution in [1.29, 1.82) is 0 Å². The summed E-state index contributed by atoms with van der Waals surface area (Å²) in [6.45, 7) is 8.35. The molecule has 0 radical (unpaired) electrons. The quantitative estimate of drug-likeness (QED) is 0.501. The molecule has 2 aromatic carbocycles. The average molecular weight is 351 g/mol. The summed E-state index contributed by atoms with van der Waals surface area (Å²) < 4.78 is 4.04. The smallest absolute Gasteiger partial charge is 0.301 e. The maximum atomic E-state index is 12.7. The number of nitrogens with zero attached hydrogens (tertiary/aromatic N) is 3. The third-order valence-electron chi connectivity index (χ3n) is 4.95. The van der Waals surface area contributed by atoms with Crippen LogP contribution in [0.4, 0.5) is 5.95 Å². The van der Waals surface area contributed by atoms with Crippen LogP contribution in [0.15, 0.2) is 54.6 Å². The summed E-state index contributed by atoms with van der Waals surface area (Å²) in [5.41, 5.74) is 9.24. The Balaban J connectivity index is 1.93. The molecule has 3 aromatic rings. The van der Waals surface area contributed by atoms with Crippen molar-refractivity contribution >= 4 is 22.8 Å². The van der Waals surface area contributed by atoms with E-state index in [4.69, 9.17) is 5.73 Å². The molecule has 0 fully saturated rings. The van der Waals surface area contributed by atoms with Gasteiger partial charge in [0.25, 0.3) is 0 Å². The van der Waals surface area contributed by atoms with E-state index < -0.39 is 0 Å². The van der Waals surface area contributed by atoms with Crippen LogP contribution in [0.25, 0.3) is 11.0 Å². The Labute approximate surface area is 154 Å². The lowest BCUT2D eigenvalue weighted by Gasteiger charge is -2.17. The number of Topliss-reactive ketones (excluding diaryl/α,β-unsaturated/α-hetero) is 1. The molecule has 0 bridgehead atoms. The van der Waals surface area contributed by atoms with Crippen LogP contribution in [0.1, 0.15) is 24.2 Å². The zero-order valence-corrected chi connectivity index (χ0v) is 15.6. The first-order chi connectivity index (χ1) is 12.7. The van der Waals surface area contributed by atoms with Crippen LogP contribution in [0.2, 0.25) is 0 Å². The molecule has 0 unspecified atom stereocenters. The third-order valence-corrected chi connectivity index (χ3v) is 4.95. The molecular formula is C21H27N4O+. The molecule has 0 saturated carbocycles. The Morgan fingerprint density at radius 3 is 2.38 bits per heavy atom. The molecule has 1 aromatic heterocycles. The fraction of sp³-hybridized carbons (Fsp3) is 0.333. The predicted octanol–water partition coefficient (Wildman–Crippen LogP) is 2.74. The lowest BCUT2D eigenvalue weighted by molar-refractivity contribution is -0.642. The molecule has 136 valence electrons. The third kappa shape index (κ3) is 3.63. The van der Waals surface area contributed by atoms with Gasteiger partial charge in [-0.1, -0.05) is 56.3 Å². The maximum Gasteiger partial charge on any atom is 0.356 e. The van der Waals surface area contributed by atoms with E-state index in [9.17, 15) is 4.79 Å². The van der Waals surface area contributed by atoms with Gasteiger partial charge >= 0.3 is 5.95 Å². The van der Waals surface area contributed by atoms with Crippen molar-refractivity contribution in [1.82, 2.24) is 9.47 Å². The van der Waals surface area contributed by atoms with E-state index in [0.29, 0.717) is 11.5 Å². The van der Waals surface area contributed by atoms with Crippen LogP contribution in [0, 0.1) is 0 Å². The highest BCUT2D eigenvalue weighted by Gasteiger charge is 2.23. The van der Waals surface area contributed by atoms with Crippen molar-refractivity contribution in [2.75, 3.05) is 25.4 Å². The number of carbonyl (C=O) groups is 1. The monoisotopic (exact) mass is 351 g/mol. The molecule has 3 rings (SSSR count). The average Bonchev–Trinajstić information content (AvgIpc) is 2.95. The van der Waals surface area contributed by atoms with Gasteiger partial charge in [0, 0.05) is 12.1 Å². The van der Waals surface area contributed by atoms with Gasteiger partial charge in [0.15, 0.2) is 5.78 Å². The van der Waals surface area contributed by atoms with Crippen molar-refractivity contribution in [3.05, 3.63) is 60.2 Å². The van der Waals surface area contributed by atoms with Gasteiger partial charge in [-0.2, -0.15) is 0 Å². The van der Waals surface area contributed by atoms with Crippen LogP contribution in [-0.2, 0) is 13.1 Å². The first-order valence-electron chi connectivity index (χ1n) is 9.22. The zero-order valence-electron chi connectivity index (χ0n) is 15.6. The topological polar surface area (TPSA) is 55.1 Å². The highest BCUT2D eigenvalue weighted by atomic mass is 16.1. The molecule has 0 spiro atoms. The van der Waals surface area contributed by atoms with Crippen molar-refractivity contribution in [2.24, 2.45) is 0 Å². The number of rotatable bonds is 8. The van der Waals surface area contributed by atoms with Crippen LogP contribution in [0.3, 0.4) is 0 Å². The minimum absolute atomic E-state index is 0.0638. The second-order valence-electron chi connectivity index (χ2n) is 6.40. The zero-order chi connectivity index (χ0) is 18.5. The lowest BCUT2D eigenvalue weighted by Crippen LogP contribution is -2.40. The number of benzene rings is 2. The molecule has 0 saturated heterocycles. The Morgan fingerprint density at radius 1 is 1.04 bits per heavy atom. The van der Waals surface area contributed by atoms with Crippen molar-refractivity contribution in [3.8, 4) is 0 Å². The summed E-state index contributed by atoms with van der Waals surface area (Å²) in [6, 6.07) is 17.5. The molecule has 0 aliphatic heterocycles. The van der Waals surface area contributed by atoms with E-state index in [-0.39, 0.29) is 12.3 Å². The molecule has 0 atom stereocenters. The summed E-state index contributed by atoms with van der Waals surface area (Å²) in [4.78, 5) is 15.1. The highest BCUT2D eigenvalue weighted by molar-refractivity contribution is 5.95. The van der Waals surface area contributed by atoms with E-state index in [1.807, 2.05) is 53.1 Å². The van der Waals surface area contributed by atoms with Gasteiger partial charge in [-0.05, 0) is 25.2 Å². The summed E-state index contributed by atoms with van der Waals surface area (Å²) in [5.74, 6) is 0.691. The first-order valence-corrected chi connectivity index (χ1v) is 9.22. The van der Waals surface area contributed by atoms with E-state index in [2.05, 4.69) is 29.4 Å². The number of nitrogen functional groups attached to an aromatic ring is 1. The van der Waals surface area contributed by atoms with E-state index in [1.165, 1.54) is 0 Å². The number of anilines is 1. The molecule has 5 nitrogen and oxygen atoms in total.